The van der Waals surface area contributed by atoms with Gasteiger partial charge in [0.25, 0.3) is 0 Å². The lowest BCUT2D eigenvalue weighted by Gasteiger charge is -2.43. The Labute approximate surface area is 124 Å². The summed E-state index contributed by atoms with van der Waals surface area (Å²) in [4.78, 5) is 14.8. The summed E-state index contributed by atoms with van der Waals surface area (Å²) in [6.07, 6.45) is 12.3. The first-order valence-corrected chi connectivity index (χ1v) is 8.47. The fourth-order valence-electron chi connectivity index (χ4n) is 4.08. The van der Waals surface area contributed by atoms with E-state index in [4.69, 9.17) is 4.74 Å². The van der Waals surface area contributed by atoms with Crippen LogP contribution < -0.4 is 0 Å². The molecule has 0 aliphatic heterocycles. The molecule has 2 saturated carbocycles. The molecule has 0 saturated heterocycles. The molecule has 0 heterocycles. The number of carbonyl (C=O) groups is 1. The van der Waals surface area contributed by atoms with Gasteiger partial charge in [-0.15, -0.1) is 0 Å². The molecule has 0 amide bonds. The van der Waals surface area contributed by atoms with E-state index in [9.17, 15) is 4.79 Å². The van der Waals surface area contributed by atoms with Crippen LogP contribution in [0.5, 0.6) is 0 Å². The highest BCUT2D eigenvalue weighted by atomic mass is 16.5. The lowest BCUT2D eigenvalue weighted by Crippen LogP contribution is -2.43. The summed E-state index contributed by atoms with van der Waals surface area (Å²) < 4.78 is 5.67. The molecule has 0 bridgehead atoms. The Morgan fingerprint density at radius 2 is 1.65 bits per heavy atom. The quantitative estimate of drug-likeness (QED) is 0.721. The van der Waals surface area contributed by atoms with E-state index in [1.807, 2.05) is 14.1 Å². The molecular weight excluding hydrogens is 250 g/mol. The van der Waals surface area contributed by atoms with E-state index in [2.05, 4.69) is 4.90 Å². The van der Waals surface area contributed by atoms with E-state index >= 15 is 0 Å². The van der Waals surface area contributed by atoms with Gasteiger partial charge >= 0.3 is 5.97 Å². The van der Waals surface area contributed by atoms with Crippen LogP contribution in [0, 0.1) is 11.3 Å². The van der Waals surface area contributed by atoms with Gasteiger partial charge in [-0.2, -0.15) is 0 Å². The summed E-state index contributed by atoms with van der Waals surface area (Å²) >= 11 is 0. The van der Waals surface area contributed by atoms with Crippen molar-refractivity contribution in [1.82, 2.24) is 4.90 Å². The van der Waals surface area contributed by atoms with Crippen molar-refractivity contribution in [2.24, 2.45) is 11.3 Å². The number of nitrogens with zero attached hydrogens (tertiary/aromatic N) is 1. The van der Waals surface area contributed by atoms with Crippen molar-refractivity contribution in [3.8, 4) is 0 Å². The highest BCUT2D eigenvalue weighted by Crippen LogP contribution is 2.49. The number of hydrogen-bond donors (Lipinski definition) is 0. The van der Waals surface area contributed by atoms with Gasteiger partial charge in [-0.05, 0) is 45.7 Å². The van der Waals surface area contributed by atoms with Crippen molar-refractivity contribution >= 4 is 5.97 Å². The van der Waals surface area contributed by atoms with Crippen LogP contribution in [0.15, 0.2) is 0 Å². The first-order chi connectivity index (χ1) is 9.65. The minimum atomic E-state index is -0.134. The molecule has 2 aliphatic rings. The van der Waals surface area contributed by atoms with Crippen molar-refractivity contribution < 1.29 is 9.53 Å². The van der Waals surface area contributed by atoms with Gasteiger partial charge in [-0.25, -0.2) is 0 Å². The maximum Gasteiger partial charge on any atom is 0.312 e. The average molecular weight is 281 g/mol. The Hall–Kier alpha value is -0.570. The molecule has 0 aromatic heterocycles. The fourth-order valence-corrected chi connectivity index (χ4v) is 4.08. The molecule has 0 radical (unpaired) electrons. The predicted molar refractivity (Wildman–Crippen MR) is 81.6 cm³/mol. The molecule has 0 atom stereocenters. The van der Waals surface area contributed by atoms with Crippen molar-refractivity contribution in [3.63, 3.8) is 0 Å². The smallest absolute Gasteiger partial charge is 0.312 e. The summed E-state index contributed by atoms with van der Waals surface area (Å²) in [7, 11) is 4.04. The molecule has 0 aromatic rings. The molecule has 116 valence electrons. The van der Waals surface area contributed by atoms with Crippen molar-refractivity contribution in [1.29, 1.82) is 0 Å². The topological polar surface area (TPSA) is 29.5 Å². The Bertz CT molecular complexity index is 302. The summed E-state index contributed by atoms with van der Waals surface area (Å²) in [6.45, 7) is 1.37. The third-order valence-corrected chi connectivity index (χ3v) is 5.31. The molecule has 2 fully saturated rings. The average Bonchev–Trinajstić information content (AvgIpc) is 2.48. The second-order valence-corrected chi connectivity index (χ2v) is 6.99. The molecule has 0 spiro atoms. The Balaban J connectivity index is 1.99. The molecule has 20 heavy (non-hydrogen) atoms. The van der Waals surface area contributed by atoms with Gasteiger partial charge in [0.15, 0.2) is 0 Å². The summed E-state index contributed by atoms with van der Waals surface area (Å²) in [5.41, 5.74) is -0.134. The molecule has 3 heteroatoms. The number of esters is 1. The van der Waals surface area contributed by atoms with Gasteiger partial charge in [0.05, 0.1) is 5.41 Å². The lowest BCUT2D eigenvalue weighted by atomic mass is 9.62. The van der Waals surface area contributed by atoms with Crippen molar-refractivity contribution in [2.75, 3.05) is 27.2 Å². The predicted octanol–water partition coefficient (Wildman–Crippen LogP) is 3.62. The van der Waals surface area contributed by atoms with E-state index in [1.165, 1.54) is 51.4 Å². The molecule has 0 N–H and O–H groups in total. The zero-order valence-electron chi connectivity index (χ0n) is 13.3. The molecule has 2 rings (SSSR count). The van der Waals surface area contributed by atoms with Crippen LogP contribution >= 0.6 is 0 Å². The Kier molecular flexibility index (Phi) is 5.88. The second kappa shape index (κ2) is 7.44. The first-order valence-electron chi connectivity index (χ1n) is 8.47. The van der Waals surface area contributed by atoms with Gasteiger partial charge in [-0.1, -0.05) is 38.5 Å². The maximum absolute atomic E-state index is 12.8. The minimum absolute atomic E-state index is 0.117. The van der Waals surface area contributed by atoms with E-state index in [1.54, 1.807) is 0 Å². The lowest BCUT2D eigenvalue weighted by molar-refractivity contribution is -0.164. The number of carbonyl (C=O) groups excluding carboxylic acids is 1. The molecule has 2 aliphatic carbocycles. The minimum Gasteiger partial charge on any atom is -0.464 e. The fraction of sp³-hybridized carbons (Fsp3) is 0.941. The van der Waals surface area contributed by atoms with E-state index in [0.717, 1.165) is 19.4 Å². The van der Waals surface area contributed by atoms with Crippen LogP contribution in [-0.2, 0) is 9.53 Å². The van der Waals surface area contributed by atoms with Crippen LogP contribution in [0.4, 0.5) is 0 Å². The number of rotatable bonds is 5. The highest BCUT2D eigenvalue weighted by Gasteiger charge is 2.47. The molecule has 3 nitrogen and oxygen atoms in total. The number of likely N-dealkylation sites (N-methyl/N-ethyl adjacent to an activating group) is 1. The van der Waals surface area contributed by atoms with Gasteiger partial charge in [-0.3, -0.25) is 4.79 Å². The van der Waals surface area contributed by atoms with Gasteiger partial charge in [0, 0.05) is 6.54 Å². The number of ether oxygens (including phenoxy) is 1. The zero-order chi connectivity index (χ0) is 14.4. The van der Waals surface area contributed by atoms with Crippen LogP contribution in [0.3, 0.4) is 0 Å². The van der Waals surface area contributed by atoms with Gasteiger partial charge in [0.1, 0.15) is 6.61 Å². The van der Waals surface area contributed by atoms with E-state index < -0.39 is 0 Å². The molecule has 0 unspecified atom stereocenters. The Morgan fingerprint density at radius 1 is 1.05 bits per heavy atom. The molecular formula is C17H31NO2. The van der Waals surface area contributed by atoms with E-state index in [0.29, 0.717) is 12.5 Å². The SMILES string of the molecule is CN(C)CCOC(=O)C1(C2CCCCC2)CCCCC1. The third kappa shape index (κ3) is 3.75. The van der Waals surface area contributed by atoms with Crippen LogP contribution in [0.25, 0.3) is 0 Å². The van der Waals surface area contributed by atoms with Crippen molar-refractivity contribution in [2.45, 2.75) is 64.2 Å². The highest BCUT2D eigenvalue weighted by molar-refractivity contribution is 5.77. The van der Waals surface area contributed by atoms with Gasteiger partial charge in [0.2, 0.25) is 0 Å². The van der Waals surface area contributed by atoms with E-state index in [-0.39, 0.29) is 11.4 Å². The largest absolute Gasteiger partial charge is 0.464 e. The number of hydrogen-bond acceptors (Lipinski definition) is 3. The Morgan fingerprint density at radius 3 is 2.25 bits per heavy atom. The van der Waals surface area contributed by atoms with Crippen LogP contribution in [0.1, 0.15) is 64.2 Å². The standard InChI is InChI=1S/C17H31NO2/c1-18(2)13-14-20-16(19)17(11-7-4-8-12-17)15-9-5-3-6-10-15/h15H,3-14H2,1-2H3. The monoisotopic (exact) mass is 281 g/mol. The van der Waals surface area contributed by atoms with Crippen LogP contribution in [-0.4, -0.2) is 38.1 Å². The summed E-state index contributed by atoms with van der Waals surface area (Å²) in [5, 5.41) is 0. The summed E-state index contributed by atoms with van der Waals surface area (Å²) in [6, 6.07) is 0. The van der Waals surface area contributed by atoms with Crippen molar-refractivity contribution in [3.05, 3.63) is 0 Å². The zero-order valence-corrected chi connectivity index (χ0v) is 13.3. The third-order valence-electron chi connectivity index (χ3n) is 5.31. The maximum atomic E-state index is 12.8. The normalized spacial score (nSPS) is 23.8. The molecule has 0 aromatic carbocycles. The van der Waals surface area contributed by atoms with Gasteiger partial charge < -0.3 is 9.64 Å². The second-order valence-electron chi connectivity index (χ2n) is 6.99. The summed E-state index contributed by atoms with van der Waals surface area (Å²) in [5.74, 6) is 0.703. The van der Waals surface area contributed by atoms with Crippen LogP contribution in [0.2, 0.25) is 0 Å². The first kappa shape index (κ1) is 15.8.